The van der Waals surface area contributed by atoms with Gasteiger partial charge in [0.25, 0.3) is 0 Å². The molecule has 0 N–H and O–H groups in total. The Balaban J connectivity index is 1.00. The molecule has 0 amide bonds. The lowest BCUT2D eigenvalue weighted by atomic mass is 9.67. The molecule has 266 valence electrons. The Morgan fingerprint density at radius 1 is 0.333 bits per heavy atom. The predicted octanol–water partition coefficient (Wildman–Crippen LogP) is 13.8. The van der Waals surface area contributed by atoms with Crippen LogP contribution >= 0.6 is 0 Å². The molecule has 0 fully saturated rings. The summed E-state index contributed by atoms with van der Waals surface area (Å²) in [5, 5.41) is 3.54. The highest BCUT2D eigenvalue weighted by atomic mass is 14.8. The molecule has 1 aliphatic rings. The van der Waals surface area contributed by atoms with Crippen molar-refractivity contribution >= 4 is 21.7 Å². The summed E-state index contributed by atoms with van der Waals surface area (Å²) >= 11 is 0. The van der Waals surface area contributed by atoms with Crippen LogP contribution in [-0.2, 0) is 5.41 Å². The third-order valence-corrected chi connectivity index (χ3v) is 11.8. The zero-order chi connectivity index (χ0) is 37.8. The van der Waals surface area contributed by atoms with E-state index in [2.05, 4.69) is 199 Å². The summed E-state index contributed by atoms with van der Waals surface area (Å²) < 4.78 is 0. The first-order valence-corrected chi connectivity index (χ1v) is 19.6. The topological polar surface area (TPSA) is 25.8 Å². The van der Waals surface area contributed by atoms with E-state index >= 15 is 0 Å². The maximum absolute atomic E-state index is 5.07. The van der Waals surface area contributed by atoms with Crippen LogP contribution in [0.4, 0.5) is 0 Å². The molecule has 57 heavy (non-hydrogen) atoms. The Morgan fingerprint density at radius 2 is 0.895 bits per heavy atom. The van der Waals surface area contributed by atoms with Gasteiger partial charge in [-0.3, -0.25) is 4.98 Å². The maximum atomic E-state index is 5.07. The van der Waals surface area contributed by atoms with Gasteiger partial charge >= 0.3 is 0 Å². The van der Waals surface area contributed by atoms with Crippen molar-refractivity contribution in [2.75, 3.05) is 0 Å². The molecule has 2 aromatic heterocycles. The van der Waals surface area contributed by atoms with Crippen molar-refractivity contribution in [3.8, 4) is 55.9 Å². The van der Waals surface area contributed by atoms with E-state index < -0.39 is 5.41 Å². The molecule has 11 rings (SSSR count). The molecule has 2 nitrogen and oxygen atoms in total. The lowest BCUT2D eigenvalue weighted by molar-refractivity contribution is 0.769. The van der Waals surface area contributed by atoms with Gasteiger partial charge in [0, 0.05) is 11.6 Å². The number of fused-ring (bicyclic) bond motifs is 5. The van der Waals surface area contributed by atoms with E-state index in [1.807, 2.05) is 24.4 Å². The molecule has 0 saturated carbocycles. The van der Waals surface area contributed by atoms with E-state index in [0.717, 1.165) is 39.0 Å². The van der Waals surface area contributed by atoms with Crippen molar-refractivity contribution in [3.63, 3.8) is 0 Å². The van der Waals surface area contributed by atoms with Crippen molar-refractivity contribution < 1.29 is 0 Å². The predicted molar refractivity (Wildman–Crippen MR) is 236 cm³/mol. The molecular formula is C55H36N2. The van der Waals surface area contributed by atoms with Crippen molar-refractivity contribution in [1.82, 2.24) is 9.97 Å². The van der Waals surface area contributed by atoms with E-state index in [9.17, 15) is 0 Å². The van der Waals surface area contributed by atoms with Crippen LogP contribution in [0.15, 0.2) is 219 Å². The van der Waals surface area contributed by atoms with E-state index in [4.69, 9.17) is 4.98 Å². The summed E-state index contributed by atoms with van der Waals surface area (Å²) in [5.41, 5.74) is 17.1. The number of benzene rings is 8. The lowest BCUT2D eigenvalue weighted by Gasteiger charge is -2.34. The third kappa shape index (κ3) is 5.41. The summed E-state index contributed by atoms with van der Waals surface area (Å²) in [5.74, 6) is 0. The molecule has 0 saturated heterocycles. The summed E-state index contributed by atoms with van der Waals surface area (Å²) in [6, 6.07) is 77.1. The molecule has 0 atom stereocenters. The zero-order valence-electron chi connectivity index (χ0n) is 31.2. The Bertz CT molecular complexity index is 3060. The second-order valence-electron chi connectivity index (χ2n) is 14.9. The molecule has 2 heteroatoms. The highest BCUT2D eigenvalue weighted by Gasteiger charge is 2.46. The molecule has 0 radical (unpaired) electrons. The first-order valence-electron chi connectivity index (χ1n) is 19.6. The number of rotatable bonds is 6. The van der Waals surface area contributed by atoms with E-state index in [-0.39, 0.29) is 0 Å². The highest BCUT2D eigenvalue weighted by Crippen LogP contribution is 2.56. The number of hydrogen-bond acceptors (Lipinski definition) is 2. The van der Waals surface area contributed by atoms with E-state index in [1.54, 1.807) is 0 Å². The first-order chi connectivity index (χ1) is 28.2. The minimum atomic E-state index is -0.425. The Labute approximate surface area is 332 Å². The molecule has 0 bridgehead atoms. The molecule has 2 heterocycles. The fraction of sp³-hybridized carbons (Fsp3) is 0.0182. The minimum Gasteiger partial charge on any atom is -0.255 e. The van der Waals surface area contributed by atoms with Crippen LogP contribution in [0.2, 0.25) is 0 Å². The van der Waals surface area contributed by atoms with Crippen molar-refractivity contribution in [3.05, 3.63) is 241 Å². The fourth-order valence-corrected chi connectivity index (χ4v) is 9.14. The largest absolute Gasteiger partial charge is 0.255 e. The molecule has 0 aliphatic heterocycles. The Hall–Kier alpha value is -7.42. The molecular weight excluding hydrogens is 689 g/mol. The van der Waals surface area contributed by atoms with Gasteiger partial charge in [0.15, 0.2) is 0 Å². The fourth-order valence-electron chi connectivity index (χ4n) is 9.14. The van der Waals surface area contributed by atoms with Gasteiger partial charge in [-0.1, -0.05) is 164 Å². The molecule has 8 aromatic carbocycles. The van der Waals surface area contributed by atoms with Gasteiger partial charge < -0.3 is 0 Å². The van der Waals surface area contributed by atoms with Gasteiger partial charge in [-0.05, 0) is 126 Å². The molecule has 1 aliphatic carbocycles. The number of hydrogen-bond donors (Lipinski definition) is 0. The van der Waals surface area contributed by atoms with Crippen LogP contribution in [0.1, 0.15) is 22.3 Å². The Kier molecular flexibility index (Phi) is 7.75. The molecule has 10 aromatic rings. The van der Waals surface area contributed by atoms with Crippen molar-refractivity contribution in [2.24, 2.45) is 0 Å². The van der Waals surface area contributed by atoms with Crippen LogP contribution in [0.5, 0.6) is 0 Å². The van der Waals surface area contributed by atoms with Crippen LogP contribution < -0.4 is 0 Å². The van der Waals surface area contributed by atoms with Gasteiger partial charge in [-0.2, -0.15) is 0 Å². The van der Waals surface area contributed by atoms with Gasteiger partial charge in [-0.25, -0.2) is 4.98 Å². The highest BCUT2D eigenvalue weighted by molar-refractivity contribution is 6.00. The maximum Gasteiger partial charge on any atom is 0.0900 e. The monoisotopic (exact) mass is 724 g/mol. The van der Waals surface area contributed by atoms with Gasteiger partial charge in [-0.15, -0.1) is 0 Å². The van der Waals surface area contributed by atoms with Crippen LogP contribution in [-0.4, -0.2) is 9.97 Å². The second kappa shape index (κ2) is 13.4. The second-order valence-corrected chi connectivity index (χ2v) is 14.9. The molecule has 0 unspecified atom stereocenters. The number of pyridine rings is 2. The Morgan fingerprint density at radius 3 is 1.58 bits per heavy atom. The smallest absolute Gasteiger partial charge is 0.0900 e. The third-order valence-electron chi connectivity index (χ3n) is 11.8. The average Bonchev–Trinajstić information content (AvgIpc) is 3.59. The molecule has 0 spiro atoms. The summed E-state index contributed by atoms with van der Waals surface area (Å²) in [7, 11) is 0. The van der Waals surface area contributed by atoms with Crippen molar-refractivity contribution in [1.29, 1.82) is 0 Å². The van der Waals surface area contributed by atoms with E-state index in [0.29, 0.717) is 0 Å². The number of nitrogens with zero attached hydrogens (tertiary/aromatic N) is 2. The minimum absolute atomic E-state index is 0.425. The number of aromatic nitrogens is 2. The van der Waals surface area contributed by atoms with Crippen LogP contribution in [0.3, 0.4) is 0 Å². The quantitative estimate of drug-likeness (QED) is 0.171. The van der Waals surface area contributed by atoms with Crippen LogP contribution in [0.25, 0.3) is 77.6 Å². The van der Waals surface area contributed by atoms with Crippen molar-refractivity contribution in [2.45, 2.75) is 5.41 Å². The van der Waals surface area contributed by atoms with E-state index in [1.165, 1.54) is 60.8 Å². The summed E-state index contributed by atoms with van der Waals surface area (Å²) in [6.45, 7) is 0. The average molecular weight is 725 g/mol. The van der Waals surface area contributed by atoms with Gasteiger partial charge in [0.1, 0.15) is 0 Å². The standard InChI is InChI=1S/C55H36N2/c1-4-14-37(15-5-1)48-36-54(53-22-12-13-31-56-53)57-52-30-28-42(34-49(48)52)40-25-23-39-33-41(26-24-38(39)32-40)43-27-29-47-46-20-10-11-21-50(46)55(51(47)35-43,44-16-6-2-7-17-44)45-18-8-3-9-19-45/h1-36H. The first kappa shape index (κ1) is 33.0. The van der Waals surface area contributed by atoms with Gasteiger partial charge in [0.2, 0.25) is 0 Å². The SMILES string of the molecule is c1ccc(-c2cc(-c3ccccn3)nc3ccc(-c4ccc5cc(-c6ccc7c(c6)C(c6ccccc6)(c6ccccc6)c6ccccc6-7)ccc5c4)cc23)cc1. The van der Waals surface area contributed by atoms with Crippen LogP contribution in [0, 0.1) is 0 Å². The normalized spacial score (nSPS) is 12.7. The zero-order valence-corrected chi connectivity index (χ0v) is 31.2. The lowest BCUT2D eigenvalue weighted by Crippen LogP contribution is -2.28. The summed E-state index contributed by atoms with van der Waals surface area (Å²) in [6.07, 6.45) is 1.82. The summed E-state index contributed by atoms with van der Waals surface area (Å²) in [4.78, 5) is 9.67. The van der Waals surface area contributed by atoms with Gasteiger partial charge in [0.05, 0.1) is 22.3 Å².